The zero-order chi connectivity index (χ0) is 9.26. The molecule has 1 aromatic heterocycles. The molecule has 5 nitrogen and oxygen atoms in total. The van der Waals surface area contributed by atoms with E-state index in [1.54, 1.807) is 18.3 Å². The van der Waals surface area contributed by atoms with Crippen LogP contribution in [0.2, 0.25) is 0 Å². The lowest BCUT2D eigenvalue weighted by Crippen LogP contribution is -2.39. The van der Waals surface area contributed by atoms with Crippen LogP contribution >= 0.6 is 0 Å². The normalized spacial score (nSPS) is 20.1. The van der Waals surface area contributed by atoms with Crippen molar-refractivity contribution in [3.05, 3.63) is 18.3 Å². The van der Waals surface area contributed by atoms with Crippen molar-refractivity contribution in [3.8, 4) is 5.75 Å². The van der Waals surface area contributed by atoms with Crippen molar-refractivity contribution < 1.29 is 14.6 Å². The molecule has 1 aromatic rings. The van der Waals surface area contributed by atoms with Crippen molar-refractivity contribution in [2.24, 2.45) is 0 Å². The molecule has 1 unspecified atom stereocenters. The number of anilines is 1. The van der Waals surface area contributed by atoms with Gasteiger partial charge in [-0.15, -0.1) is 0 Å². The molecule has 0 bridgehead atoms. The van der Waals surface area contributed by atoms with Gasteiger partial charge in [0.2, 0.25) is 0 Å². The molecule has 0 aromatic carbocycles. The fraction of sp³-hybridized carbons (Fsp3) is 0.250. The summed E-state index contributed by atoms with van der Waals surface area (Å²) in [6.45, 7) is -0.333. The summed E-state index contributed by atoms with van der Waals surface area (Å²) in [7, 11) is 0. The van der Waals surface area contributed by atoms with Crippen LogP contribution in [0, 0.1) is 0 Å². The van der Waals surface area contributed by atoms with Crippen LogP contribution in [0.3, 0.4) is 0 Å². The number of ether oxygens (including phenoxy) is 1. The Morgan fingerprint density at radius 3 is 3.31 bits per heavy atom. The number of fused-ring (bicyclic) bond motifs is 1. The molecular formula is C8H8N2O3. The summed E-state index contributed by atoms with van der Waals surface area (Å²) in [6.07, 6.45) is 0.735. The lowest BCUT2D eigenvalue weighted by molar-refractivity contribution is -0.125. The van der Waals surface area contributed by atoms with E-state index in [1.165, 1.54) is 0 Å². The Bertz CT molecular complexity index is 340. The van der Waals surface area contributed by atoms with Crippen LogP contribution in [-0.4, -0.2) is 28.7 Å². The largest absolute Gasteiger partial charge is 0.474 e. The zero-order valence-corrected chi connectivity index (χ0v) is 6.73. The molecule has 1 aliphatic heterocycles. The summed E-state index contributed by atoms with van der Waals surface area (Å²) in [5.41, 5.74) is 0. The SMILES string of the molecule is O=C1Nc2ncccc2OC1CO. The molecule has 0 saturated heterocycles. The summed E-state index contributed by atoms with van der Waals surface area (Å²) in [5, 5.41) is 11.3. The van der Waals surface area contributed by atoms with Gasteiger partial charge in [0.15, 0.2) is 17.7 Å². The standard InChI is InChI=1S/C8H8N2O3/c11-4-6-8(12)10-7-5(13-6)2-1-3-9-7/h1-3,6,11H,4H2,(H,9,10,12). The number of hydrogen-bond acceptors (Lipinski definition) is 4. The average Bonchev–Trinajstić information content (AvgIpc) is 2.17. The molecule has 2 N–H and O–H groups in total. The maximum atomic E-state index is 11.2. The topological polar surface area (TPSA) is 71.5 Å². The number of pyridine rings is 1. The number of carbonyl (C=O) groups excluding carboxylic acids is 1. The molecule has 1 atom stereocenters. The number of nitrogens with zero attached hydrogens (tertiary/aromatic N) is 1. The monoisotopic (exact) mass is 180 g/mol. The van der Waals surface area contributed by atoms with Crippen LogP contribution in [-0.2, 0) is 4.79 Å². The van der Waals surface area contributed by atoms with Gasteiger partial charge in [-0.25, -0.2) is 4.98 Å². The number of aromatic nitrogens is 1. The summed E-state index contributed by atoms with van der Waals surface area (Å²) in [6, 6.07) is 3.38. The second-order valence-electron chi connectivity index (χ2n) is 2.63. The summed E-state index contributed by atoms with van der Waals surface area (Å²) < 4.78 is 5.17. The van der Waals surface area contributed by atoms with E-state index < -0.39 is 6.10 Å². The third-order valence-corrected chi connectivity index (χ3v) is 1.74. The minimum atomic E-state index is -0.823. The number of hydrogen-bond donors (Lipinski definition) is 2. The maximum absolute atomic E-state index is 11.2. The molecular weight excluding hydrogens is 172 g/mol. The van der Waals surface area contributed by atoms with E-state index in [4.69, 9.17) is 9.84 Å². The summed E-state index contributed by atoms with van der Waals surface area (Å²) in [5.74, 6) is 0.520. The van der Waals surface area contributed by atoms with E-state index in [9.17, 15) is 4.79 Å². The molecule has 2 rings (SSSR count). The molecule has 5 heteroatoms. The highest BCUT2D eigenvalue weighted by atomic mass is 16.5. The van der Waals surface area contributed by atoms with Gasteiger partial charge in [-0.3, -0.25) is 4.79 Å². The summed E-state index contributed by atoms with van der Waals surface area (Å²) in [4.78, 5) is 15.1. The Kier molecular flexibility index (Phi) is 1.86. The van der Waals surface area contributed by atoms with E-state index in [-0.39, 0.29) is 12.5 Å². The molecule has 1 amide bonds. The van der Waals surface area contributed by atoms with Gasteiger partial charge in [0.25, 0.3) is 5.91 Å². The van der Waals surface area contributed by atoms with Crippen LogP contribution in [0.15, 0.2) is 18.3 Å². The quantitative estimate of drug-likeness (QED) is 0.626. The van der Waals surface area contributed by atoms with Crippen molar-refractivity contribution in [1.29, 1.82) is 0 Å². The second-order valence-corrected chi connectivity index (χ2v) is 2.63. The highest BCUT2D eigenvalue weighted by molar-refractivity contribution is 5.96. The maximum Gasteiger partial charge on any atom is 0.269 e. The zero-order valence-electron chi connectivity index (χ0n) is 6.73. The highest BCUT2D eigenvalue weighted by Crippen LogP contribution is 2.25. The molecule has 68 valence electrons. The van der Waals surface area contributed by atoms with Crippen LogP contribution in [0.1, 0.15) is 0 Å². The third-order valence-electron chi connectivity index (χ3n) is 1.74. The van der Waals surface area contributed by atoms with E-state index in [1.807, 2.05) is 0 Å². The second kappa shape index (κ2) is 3.02. The number of amides is 1. The molecule has 1 aliphatic rings. The molecule has 0 aliphatic carbocycles. The third kappa shape index (κ3) is 1.33. The molecule has 13 heavy (non-hydrogen) atoms. The van der Waals surface area contributed by atoms with Gasteiger partial charge in [0.1, 0.15) is 0 Å². The van der Waals surface area contributed by atoms with E-state index in [2.05, 4.69) is 10.3 Å². The lowest BCUT2D eigenvalue weighted by Gasteiger charge is -2.22. The number of rotatable bonds is 1. The fourth-order valence-electron chi connectivity index (χ4n) is 1.10. The Hall–Kier alpha value is -1.62. The van der Waals surface area contributed by atoms with Crippen molar-refractivity contribution in [1.82, 2.24) is 4.98 Å². The first-order valence-electron chi connectivity index (χ1n) is 3.84. The van der Waals surface area contributed by atoms with Gasteiger partial charge in [0.05, 0.1) is 6.61 Å². The summed E-state index contributed by atoms with van der Waals surface area (Å²) >= 11 is 0. The lowest BCUT2D eigenvalue weighted by atomic mass is 10.3. The molecule has 0 saturated carbocycles. The van der Waals surface area contributed by atoms with Crippen molar-refractivity contribution >= 4 is 11.7 Å². The van der Waals surface area contributed by atoms with Crippen molar-refractivity contribution in [3.63, 3.8) is 0 Å². The van der Waals surface area contributed by atoms with Gasteiger partial charge >= 0.3 is 0 Å². The highest BCUT2D eigenvalue weighted by Gasteiger charge is 2.27. The van der Waals surface area contributed by atoms with E-state index >= 15 is 0 Å². The van der Waals surface area contributed by atoms with Crippen molar-refractivity contribution in [2.45, 2.75) is 6.10 Å². The first-order valence-corrected chi connectivity index (χ1v) is 3.84. The van der Waals surface area contributed by atoms with Crippen molar-refractivity contribution in [2.75, 3.05) is 11.9 Å². The predicted molar refractivity (Wildman–Crippen MR) is 44.4 cm³/mol. The van der Waals surface area contributed by atoms with Gasteiger partial charge < -0.3 is 15.2 Å². The Balaban J connectivity index is 2.33. The minimum Gasteiger partial charge on any atom is -0.474 e. The number of aliphatic hydroxyl groups excluding tert-OH is 1. The average molecular weight is 180 g/mol. The molecule has 0 spiro atoms. The van der Waals surface area contributed by atoms with Crippen LogP contribution in [0.25, 0.3) is 0 Å². The Morgan fingerprint density at radius 2 is 2.54 bits per heavy atom. The number of nitrogens with one attached hydrogen (secondary N) is 1. The van der Waals surface area contributed by atoms with Gasteiger partial charge in [-0.2, -0.15) is 0 Å². The number of aliphatic hydroxyl groups is 1. The molecule has 0 fully saturated rings. The number of carbonyl (C=O) groups is 1. The van der Waals surface area contributed by atoms with E-state index in [0.29, 0.717) is 11.6 Å². The molecule has 0 radical (unpaired) electrons. The smallest absolute Gasteiger partial charge is 0.269 e. The first kappa shape index (κ1) is 8.00. The van der Waals surface area contributed by atoms with Gasteiger partial charge in [0, 0.05) is 6.20 Å². The Morgan fingerprint density at radius 1 is 1.69 bits per heavy atom. The van der Waals surface area contributed by atoms with Crippen LogP contribution < -0.4 is 10.1 Å². The fourth-order valence-corrected chi connectivity index (χ4v) is 1.10. The van der Waals surface area contributed by atoms with Crippen LogP contribution in [0.5, 0.6) is 5.75 Å². The van der Waals surface area contributed by atoms with E-state index in [0.717, 1.165) is 0 Å². The van der Waals surface area contributed by atoms with Crippen LogP contribution in [0.4, 0.5) is 5.82 Å². The van der Waals surface area contributed by atoms with Gasteiger partial charge in [-0.05, 0) is 12.1 Å². The predicted octanol–water partition coefficient (Wildman–Crippen LogP) is -0.227. The molecule has 2 heterocycles. The first-order chi connectivity index (χ1) is 6.31. The van der Waals surface area contributed by atoms with Gasteiger partial charge in [-0.1, -0.05) is 0 Å². The Labute approximate surface area is 74.4 Å². The minimum absolute atomic E-state index is 0.333.